The molecule has 0 unspecified atom stereocenters. The van der Waals surface area contributed by atoms with E-state index >= 15 is 0 Å². The molecule has 4 heteroatoms. The van der Waals surface area contributed by atoms with Gasteiger partial charge < -0.3 is 0 Å². The van der Waals surface area contributed by atoms with Crippen molar-refractivity contribution in [1.82, 2.24) is 0 Å². The van der Waals surface area contributed by atoms with Crippen LogP contribution in [0.25, 0.3) is 0 Å². The second-order valence-corrected chi connectivity index (χ2v) is 0.781. The molecular formula is C2H3BF3. The summed E-state index contributed by atoms with van der Waals surface area (Å²) in [5.41, 5.74) is 0. The molecule has 6 heavy (non-hydrogen) atoms. The van der Waals surface area contributed by atoms with Crippen molar-refractivity contribution in [2.75, 3.05) is 0 Å². The van der Waals surface area contributed by atoms with Gasteiger partial charge in [-0.15, -0.1) is 0 Å². The predicted octanol–water partition coefficient (Wildman–Crippen LogP) is 1.19. The van der Waals surface area contributed by atoms with Gasteiger partial charge in [0.25, 0.3) is 0 Å². The van der Waals surface area contributed by atoms with Gasteiger partial charge in [-0.2, -0.15) is 13.2 Å². The number of rotatable bonds is 0. The fraction of sp³-hybridized carbons (Fsp3) is 1.00. The molecule has 0 aromatic heterocycles. The zero-order valence-electron chi connectivity index (χ0n) is 3.21. The average molecular weight is 94.9 g/mol. The second-order valence-electron chi connectivity index (χ2n) is 0.781. The molecule has 0 bridgehead atoms. The monoisotopic (exact) mass is 95.0 g/mol. The molecule has 3 radical (unpaired) electrons. The van der Waals surface area contributed by atoms with Crippen LogP contribution in [0, 0.1) is 0 Å². The Morgan fingerprint density at radius 2 is 1.17 bits per heavy atom. The Labute approximate surface area is 35.9 Å². The van der Waals surface area contributed by atoms with Gasteiger partial charge in [0.2, 0.25) is 0 Å². The van der Waals surface area contributed by atoms with E-state index in [4.69, 9.17) is 0 Å². The van der Waals surface area contributed by atoms with Crippen LogP contribution in [0.2, 0.25) is 0 Å². The van der Waals surface area contributed by atoms with Crippen LogP contribution in [0.1, 0.15) is 6.92 Å². The van der Waals surface area contributed by atoms with Gasteiger partial charge in [-0.05, 0) is 0 Å². The van der Waals surface area contributed by atoms with Gasteiger partial charge in [0, 0.05) is 15.3 Å². The molecule has 0 heterocycles. The van der Waals surface area contributed by atoms with Crippen LogP contribution >= 0.6 is 0 Å². The van der Waals surface area contributed by atoms with Gasteiger partial charge in [-0.3, -0.25) is 0 Å². The maximum Gasteiger partial charge on any atom is 0.386 e. The summed E-state index contributed by atoms with van der Waals surface area (Å²) in [6.07, 6.45) is -4.00. The molecule has 0 aliphatic rings. The highest BCUT2D eigenvalue weighted by molar-refractivity contribution is 5.75. The minimum Gasteiger partial charge on any atom is -0.172 e. The summed E-state index contributed by atoms with van der Waals surface area (Å²) in [5.74, 6) is 0. The summed E-state index contributed by atoms with van der Waals surface area (Å²) in [5, 5.41) is 0. The van der Waals surface area contributed by atoms with Crippen LogP contribution < -0.4 is 0 Å². The van der Waals surface area contributed by atoms with Crippen LogP contribution in [-0.2, 0) is 0 Å². The highest BCUT2D eigenvalue weighted by Crippen LogP contribution is 2.10. The third-order valence-electron chi connectivity index (χ3n) is 0. The molecule has 0 nitrogen and oxygen atoms in total. The first-order valence-electron chi connectivity index (χ1n) is 1.07. The second kappa shape index (κ2) is 2.10. The fourth-order valence-corrected chi connectivity index (χ4v) is 0. The maximum atomic E-state index is 10.4. The standard InChI is InChI=1S/C2H3F3.B/c1-2(3,4)5;/h1H3;. The first-order chi connectivity index (χ1) is 2.00. The normalized spacial score (nSPS) is 10.0. The van der Waals surface area contributed by atoms with Crippen molar-refractivity contribution in [3.8, 4) is 0 Å². The van der Waals surface area contributed by atoms with E-state index in [0.29, 0.717) is 0 Å². The Bertz CT molecular complexity index is 24.3. The van der Waals surface area contributed by atoms with Crippen molar-refractivity contribution < 1.29 is 13.2 Å². The Morgan fingerprint density at radius 1 is 1.17 bits per heavy atom. The lowest BCUT2D eigenvalue weighted by molar-refractivity contribution is -0.110. The highest BCUT2D eigenvalue weighted by Gasteiger charge is 2.15. The third-order valence-corrected chi connectivity index (χ3v) is 0. The van der Waals surface area contributed by atoms with Gasteiger partial charge in [-0.1, -0.05) is 0 Å². The van der Waals surface area contributed by atoms with Crippen molar-refractivity contribution in [2.24, 2.45) is 0 Å². The zero-order chi connectivity index (χ0) is 4.50. The van der Waals surface area contributed by atoms with E-state index in [1.807, 2.05) is 0 Å². The quantitative estimate of drug-likeness (QED) is 0.396. The van der Waals surface area contributed by atoms with Crippen LogP contribution in [0.5, 0.6) is 0 Å². The average Bonchev–Trinajstić information content (AvgIpc) is 0.722. The van der Waals surface area contributed by atoms with Crippen LogP contribution in [0.15, 0.2) is 0 Å². The fourth-order valence-electron chi connectivity index (χ4n) is 0. The van der Waals surface area contributed by atoms with E-state index in [0.717, 1.165) is 0 Å². The lowest BCUT2D eigenvalue weighted by atomic mass is 10.8. The van der Waals surface area contributed by atoms with E-state index < -0.39 is 6.18 Å². The highest BCUT2D eigenvalue weighted by atomic mass is 19.4. The van der Waals surface area contributed by atoms with E-state index in [1.165, 1.54) is 0 Å². The molecule has 0 aliphatic carbocycles. The molecular weight excluding hydrogens is 91.8 g/mol. The summed E-state index contributed by atoms with van der Waals surface area (Å²) in [4.78, 5) is 0. The summed E-state index contributed by atoms with van der Waals surface area (Å²) in [6.45, 7) is 0.188. The summed E-state index contributed by atoms with van der Waals surface area (Å²) >= 11 is 0. The molecule has 0 rings (SSSR count). The molecule has 0 aromatic rings. The molecule has 0 fully saturated rings. The van der Waals surface area contributed by atoms with Crippen molar-refractivity contribution in [2.45, 2.75) is 13.1 Å². The Balaban J connectivity index is 0. The van der Waals surface area contributed by atoms with E-state index in [1.54, 1.807) is 0 Å². The van der Waals surface area contributed by atoms with Crippen molar-refractivity contribution in [3.05, 3.63) is 0 Å². The molecule has 0 aromatic carbocycles. The third kappa shape index (κ3) is 1490. The van der Waals surface area contributed by atoms with Gasteiger partial charge in [-0.25, -0.2) is 0 Å². The van der Waals surface area contributed by atoms with Crippen LogP contribution in [-0.4, -0.2) is 14.6 Å². The topological polar surface area (TPSA) is 0 Å². The lowest BCUT2D eigenvalue weighted by Gasteiger charge is -1.88. The predicted molar refractivity (Wildman–Crippen MR) is 17.5 cm³/mol. The minimum absolute atomic E-state index is 0. The molecule has 0 saturated heterocycles. The van der Waals surface area contributed by atoms with E-state index in [-0.39, 0.29) is 15.3 Å². The molecule has 0 spiro atoms. The zero-order valence-corrected chi connectivity index (χ0v) is 3.21. The van der Waals surface area contributed by atoms with Gasteiger partial charge >= 0.3 is 6.18 Å². The molecule has 0 aliphatic heterocycles. The maximum absolute atomic E-state index is 10.4. The van der Waals surface area contributed by atoms with Gasteiger partial charge in [0.05, 0.1) is 0 Å². The van der Waals surface area contributed by atoms with Crippen LogP contribution in [0.4, 0.5) is 13.2 Å². The minimum atomic E-state index is -4.00. The largest absolute Gasteiger partial charge is 0.386 e. The van der Waals surface area contributed by atoms with E-state index in [9.17, 15) is 13.2 Å². The molecule has 0 atom stereocenters. The first kappa shape index (κ1) is 9.29. The first-order valence-corrected chi connectivity index (χ1v) is 1.07. The molecule has 0 N–H and O–H groups in total. The van der Waals surface area contributed by atoms with Crippen molar-refractivity contribution >= 4 is 8.41 Å². The number of hydrogen-bond acceptors (Lipinski definition) is 0. The molecule has 0 saturated carbocycles. The summed E-state index contributed by atoms with van der Waals surface area (Å²) in [7, 11) is 0. The van der Waals surface area contributed by atoms with Crippen molar-refractivity contribution in [1.29, 1.82) is 0 Å². The SMILES string of the molecule is CC(F)(F)F.[B]. The van der Waals surface area contributed by atoms with Crippen molar-refractivity contribution in [3.63, 3.8) is 0 Å². The summed E-state index contributed by atoms with van der Waals surface area (Å²) < 4.78 is 31.1. The number of halogens is 3. The Kier molecular flexibility index (Phi) is 3.26. The molecule has 35 valence electrons. The van der Waals surface area contributed by atoms with E-state index in [2.05, 4.69) is 0 Å². The molecule has 0 amide bonds. The smallest absolute Gasteiger partial charge is 0.172 e. The Morgan fingerprint density at radius 3 is 1.17 bits per heavy atom. The summed E-state index contributed by atoms with van der Waals surface area (Å²) in [6, 6.07) is 0. The van der Waals surface area contributed by atoms with Gasteiger partial charge in [0.1, 0.15) is 0 Å². The Hall–Kier alpha value is -0.145. The van der Waals surface area contributed by atoms with Crippen LogP contribution in [0.3, 0.4) is 0 Å². The number of alkyl halides is 3. The number of hydrogen-bond donors (Lipinski definition) is 0. The lowest BCUT2D eigenvalue weighted by Crippen LogP contribution is -1.95. The van der Waals surface area contributed by atoms with Gasteiger partial charge in [0.15, 0.2) is 0 Å².